The zero-order valence-electron chi connectivity index (χ0n) is 12.2. The summed E-state index contributed by atoms with van der Waals surface area (Å²) in [6.07, 6.45) is 7.03. The number of anilines is 2. The number of hydrogen-bond acceptors (Lipinski definition) is 4. The molecule has 3 N–H and O–H groups in total. The van der Waals surface area contributed by atoms with E-state index in [1.54, 1.807) is 12.3 Å². The maximum atomic E-state index is 5.71. The molecule has 21 heavy (non-hydrogen) atoms. The van der Waals surface area contributed by atoms with Gasteiger partial charge >= 0.3 is 0 Å². The van der Waals surface area contributed by atoms with Crippen molar-refractivity contribution in [3.05, 3.63) is 48.2 Å². The summed E-state index contributed by atoms with van der Waals surface area (Å²) >= 11 is 0. The second kappa shape index (κ2) is 6.57. The van der Waals surface area contributed by atoms with Crippen molar-refractivity contribution < 1.29 is 0 Å². The first-order valence-corrected chi connectivity index (χ1v) is 7.70. The topological polar surface area (TPSA) is 63.8 Å². The Morgan fingerprint density at radius 2 is 1.90 bits per heavy atom. The van der Waals surface area contributed by atoms with E-state index in [1.165, 1.54) is 31.2 Å². The highest BCUT2D eigenvalue weighted by Gasteiger charge is 2.26. The van der Waals surface area contributed by atoms with Gasteiger partial charge in [-0.15, -0.1) is 0 Å². The molecule has 0 amide bonds. The Morgan fingerprint density at radius 3 is 2.62 bits per heavy atom. The Hall–Kier alpha value is -2.10. The van der Waals surface area contributed by atoms with E-state index in [0.717, 1.165) is 12.5 Å². The average molecular weight is 282 g/mol. The van der Waals surface area contributed by atoms with Crippen molar-refractivity contribution in [2.24, 2.45) is 5.92 Å². The van der Waals surface area contributed by atoms with Crippen LogP contribution in [0.2, 0.25) is 0 Å². The van der Waals surface area contributed by atoms with Crippen LogP contribution in [-0.2, 0) is 0 Å². The lowest BCUT2D eigenvalue weighted by Crippen LogP contribution is -2.20. The number of nitrogens with zero attached hydrogens (tertiary/aromatic N) is 2. The molecule has 0 saturated heterocycles. The van der Waals surface area contributed by atoms with Crippen LogP contribution in [-0.4, -0.2) is 16.5 Å². The third-order valence-corrected chi connectivity index (χ3v) is 4.35. The summed E-state index contributed by atoms with van der Waals surface area (Å²) in [5.41, 5.74) is 7.11. The van der Waals surface area contributed by atoms with Gasteiger partial charge in [-0.05, 0) is 30.4 Å². The van der Waals surface area contributed by atoms with Crippen molar-refractivity contribution in [2.75, 3.05) is 17.6 Å². The molecule has 110 valence electrons. The van der Waals surface area contributed by atoms with E-state index < -0.39 is 0 Å². The second-order valence-electron chi connectivity index (χ2n) is 5.75. The molecular weight excluding hydrogens is 260 g/mol. The zero-order chi connectivity index (χ0) is 14.5. The molecular formula is C17H22N4. The molecule has 0 radical (unpaired) electrons. The van der Waals surface area contributed by atoms with E-state index in [2.05, 4.69) is 45.6 Å². The van der Waals surface area contributed by atoms with Gasteiger partial charge in [0.1, 0.15) is 5.82 Å². The van der Waals surface area contributed by atoms with Crippen molar-refractivity contribution in [2.45, 2.75) is 31.6 Å². The van der Waals surface area contributed by atoms with Crippen LogP contribution >= 0.6 is 0 Å². The molecule has 4 nitrogen and oxygen atoms in total. The van der Waals surface area contributed by atoms with Gasteiger partial charge < -0.3 is 11.1 Å². The van der Waals surface area contributed by atoms with E-state index in [4.69, 9.17) is 5.73 Å². The number of nitrogens with two attached hydrogens (primary N) is 1. The molecule has 0 bridgehead atoms. The average Bonchev–Trinajstić information content (AvgIpc) is 3.03. The van der Waals surface area contributed by atoms with E-state index in [0.29, 0.717) is 17.7 Å². The highest BCUT2D eigenvalue weighted by Crippen LogP contribution is 2.37. The monoisotopic (exact) mass is 282 g/mol. The van der Waals surface area contributed by atoms with Gasteiger partial charge in [0.15, 0.2) is 0 Å². The van der Waals surface area contributed by atoms with Crippen molar-refractivity contribution in [3.63, 3.8) is 0 Å². The summed E-state index contributed by atoms with van der Waals surface area (Å²) in [6.45, 7) is 0.859. The predicted molar refractivity (Wildman–Crippen MR) is 86.1 cm³/mol. The number of benzene rings is 1. The van der Waals surface area contributed by atoms with Crippen LogP contribution in [0.4, 0.5) is 11.8 Å². The first-order valence-electron chi connectivity index (χ1n) is 7.70. The molecule has 1 saturated carbocycles. The van der Waals surface area contributed by atoms with Gasteiger partial charge in [0, 0.05) is 18.7 Å². The fourth-order valence-corrected chi connectivity index (χ4v) is 3.28. The molecule has 1 aliphatic rings. The van der Waals surface area contributed by atoms with E-state index in [-0.39, 0.29) is 0 Å². The molecule has 3 rings (SSSR count). The number of aromatic nitrogens is 2. The third-order valence-electron chi connectivity index (χ3n) is 4.35. The zero-order valence-corrected chi connectivity index (χ0v) is 12.2. The standard InChI is InChI=1S/C17H22N4/c18-16-10-11-19-17(21-16)20-12-15(14-8-4-5-9-14)13-6-2-1-3-7-13/h1-3,6-7,10-11,14-15H,4-5,8-9,12H2,(H3,18,19,20,21)/t15-/m0/s1. The Kier molecular flexibility index (Phi) is 4.34. The molecule has 4 heteroatoms. The first kappa shape index (κ1) is 13.9. The van der Waals surface area contributed by atoms with E-state index in [1.807, 2.05) is 0 Å². The van der Waals surface area contributed by atoms with Gasteiger partial charge in [-0.3, -0.25) is 0 Å². The molecule has 1 aromatic carbocycles. The smallest absolute Gasteiger partial charge is 0.224 e. The van der Waals surface area contributed by atoms with Gasteiger partial charge in [0.25, 0.3) is 0 Å². The predicted octanol–water partition coefficient (Wildman–Crippen LogP) is 3.44. The number of nitrogens with one attached hydrogen (secondary N) is 1. The molecule has 0 unspecified atom stereocenters. The Morgan fingerprint density at radius 1 is 1.14 bits per heavy atom. The number of rotatable bonds is 5. The van der Waals surface area contributed by atoms with Crippen LogP contribution in [0.1, 0.15) is 37.2 Å². The summed E-state index contributed by atoms with van der Waals surface area (Å²) in [7, 11) is 0. The lowest BCUT2D eigenvalue weighted by Gasteiger charge is -2.24. The summed E-state index contributed by atoms with van der Waals surface area (Å²) < 4.78 is 0. The van der Waals surface area contributed by atoms with E-state index in [9.17, 15) is 0 Å². The van der Waals surface area contributed by atoms with Crippen molar-refractivity contribution in [1.82, 2.24) is 9.97 Å². The summed E-state index contributed by atoms with van der Waals surface area (Å²) in [5.74, 6) is 2.39. The fraction of sp³-hybridized carbons (Fsp3) is 0.412. The van der Waals surface area contributed by atoms with Crippen molar-refractivity contribution >= 4 is 11.8 Å². The molecule has 1 aliphatic carbocycles. The van der Waals surface area contributed by atoms with Gasteiger partial charge in [-0.2, -0.15) is 4.98 Å². The minimum Gasteiger partial charge on any atom is -0.384 e. The molecule has 1 heterocycles. The van der Waals surface area contributed by atoms with Crippen LogP contribution < -0.4 is 11.1 Å². The molecule has 1 atom stereocenters. The van der Waals surface area contributed by atoms with Crippen LogP contribution in [0.3, 0.4) is 0 Å². The van der Waals surface area contributed by atoms with Crippen LogP contribution in [0.15, 0.2) is 42.6 Å². The quantitative estimate of drug-likeness (QED) is 0.881. The van der Waals surface area contributed by atoms with Crippen molar-refractivity contribution in [3.8, 4) is 0 Å². The van der Waals surface area contributed by atoms with Gasteiger partial charge in [-0.25, -0.2) is 4.98 Å². The Labute approximate surface area is 125 Å². The van der Waals surface area contributed by atoms with Crippen LogP contribution in [0.5, 0.6) is 0 Å². The normalized spacial score (nSPS) is 16.8. The number of nitrogen functional groups attached to an aromatic ring is 1. The van der Waals surface area contributed by atoms with Crippen LogP contribution in [0.25, 0.3) is 0 Å². The molecule has 1 aromatic heterocycles. The molecule has 0 spiro atoms. The number of hydrogen-bond donors (Lipinski definition) is 2. The van der Waals surface area contributed by atoms with E-state index >= 15 is 0 Å². The maximum Gasteiger partial charge on any atom is 0.224 e. The Bertz CT molecular complexity index is 564. The SMILES string of the molecule is Nc1ccnc(NC[C@@H](c2ccccc2)C2CCCC2)n1. The van der Waals surface area contributed by atoms with Crippen LogP contribution in [0, 0.1) is 5.92 Å². The summed E-state index contributed by atoms with van der Waals surface area (Å²) in [6, 6.07) is 12.5. The third kappa shape index (κ3) is 3.51. The Balaban J connectivity index is 1.73. The highest BCUT2D eigenvalue weighted by molar-refractivity contribution is 5.35. The maximum absolute atomic E-state index is 5.71. The van der Waals surface area contributed by atoms with Gasteiger partial charge in [-0.1, -0.05) is 43.2 Å². The summed E-state index contributed by atoms with van der Waals surface area (Å²) in [4.78, 5) is 8.45. The minimum absolute atomic E-state index is 0.504. The lowest BCUT2D eigenvalue weighted by molar-refractivity contribution is 0.447. The molecule has 1 fully saturated rings. The molecule has 2 aromatic rings. The van der Waals surface area contributed by atoms with Crippen molar-refractivity contribution in [1.29, 1.82) is 0 Å². The minimum atomic E-state index is 0.504. The second-order valence-corrected chi connectivity index (χ2v) is 5.75. The summed E-state index contributed by atoms with van der Waals surface area (Å²) in [5, 5.41) is 3.36. The highest BCUT2D eigenvalue weighted by atomic mass is 15.1. The lowest BCUT2D eigenvalue weighted by atomic mass is 9.85. The van der Waals surface area contributed by atoms with Gasteiger partial charge in [0.2, 0.25) is 5.95 Å². The largest absolute Gasteiger partial charge is 0.384 e. The first-order chi connectivity index (χ1) is 10.3. The van der Waals surface area contributed by atoms with Gasteiger partial charge in [0.05, 0.1) is 0 Å². The molecule has 0 aliphatic heterocycles. The fourth-order valence-electron chi connectivity index (χ4n) is 3.28.